The van der Waals surface area contributed by atoms with Crippen LogP contribution in [0.1, 0.15) is 44.1 Å². The van der Waals surface area contributed by atoms with E-state index in [2.05, 4.69) is 5.32 Å². The van der Waals surface area contributed by atoms with Crippen LogP contribution < -0.4 is 5.32 Å². The highest BCUT2D eigenvalue weighted by molar-refractivity contribution is 5.46. The van der Waals surface area contributed by atoms with Gasteiger partial charge in [-0.1, -0.05) is 25.7 Å². The molecule has 0 spiro atoms. The lowest BCUT2D eigenvalue weighted by atomic mass is 10.1. The molecule has 0 bridgehead atoms. The Hall–Kier alpha value is -1.05. The number of benzene rings is 1. The number of rotatable bonds is 2. The van der Waals surface area contributed by atoms with Crippen molar-refractivity contribution in [1.29, 1.82) is 0 Å². The summed E-state index contributed by atoms with van der Waals surface area (Å²) in [4.78, 5) is 0. The van der Waals surface area contributed by atoms with Crippen molar-refractivity contribution in [2.24, 2.45) is 0 Å². The third-order valence-corrected chi connectivity index (χ3v) is 3.38. The number of hydrogen-bond acceptors (Lipinski definition) is 1. The third-order valence-electron chi connectivity index (χ3n) is 3.38. The Labute approximate surface area is 97.1 Å². The summed E-state index contributed by atoms with van der Waals surface area (Å²) in [5.74, 6) is -0.119. The molecular weight excluding hydrogens is 201 g/mol. The van der Waals surface area contributed by atoms with Crippen molar-refractivity contribution in [3.8, 4) is 0 Å². The Kier molecular flexibility index (Phi) is 3.81. The van der Waals surface area contributed by atoms with Crippen LogP contribution in [0.15, 0.2) is 18.2 Å². The smallest absolute Gasteiger partial charge is 0.126 e. The highest BCUT2D eigenvalue weighted by atomic mass is 19.1. The molecule has 16 heavy (non-hydrogen) atoms. The molecule has 1 nitrogen and oxygen atoms in total. The molecule has 2 heteroatoms. The predicted octanol–water partition coefficient (Wildman–Crippen LogP) is 4.27. The zero-order valence-corrected chi connectivity index (χ0v) is 9.93. The Balaban J connectivity index is 1.99. The van der Waals surface area contributed by atoms with E-state index in [1.54, 1.807) is 6.07 Å². The number of anilines is 1. The molecule has 0 aliphatic heterocycles. The predicted molar refractivity (Wildman–Crippen MR) is 66.2 cm³/mol. The maximum Gasteiger partial charge on any atom is 0.126 e. The minimum atomic E-state index is -0.119. The SMILES string of the molecule is Cc1cc(NC2CCCCCC2)ccc1F. The first-order valence-electron chi connectivity index (χ1n) is 6.28. The summed E-state index contributed by atoms with van der Waals surface area (Å²) in [6, 6.07) is 5.87. The number of aryl methyl sites for hydroxylation is 1. The molecule has 2 rings (SSSR count). The molecule has 1 saturated carbocycles. The zero-order valence-electron chi connectivity index (χ0n) is 9.93. The van der Waals surface area contributed by atoms with Crippen LogP contribution in [0.5, 0.6) is 0 Å². The van der Waals surface area contributed by atoms with E-state index in [0.29, 0.717) is 6.04 Å². The largest absolute Gasteiger partial charge is 0.382 e. The lowest BCUT2D eigenvalue weighted by molar-refractivity contribution is 0.612. The maximum atomic E-state index is 13.1. The topological polar surface area (TPSA) is 12.0 Å². The molecule has 1 fully saturated rings. The van der Waals surface area contributed by atoms with E-state index in [1.807, 2.05) is 19.1 Å². The van der Waals surface area contributed by atoms with Crippen molar-refractivity contribution in [2.75, 3.05) is 5.32 Å². The molecule has 1 aromatic carbocycles. The van der Waals surface area contributed by atoms with E-state index >= 15 is 0 Å². The van der Waals surface area contributed by atoms with Crippen LogP contribution in [0, 0.1) is 12.7 Å². The van der Waals surface area contributed by atoms with Crippen molar-refractivity contribution >= 4 is 5.69 Å². The van der Waals surface area contributed by atoms with Crippen LogP contribution in [-0.2, 0) is 0 Å². The highest BCUT2D eigenvalue weighted by Crippen LogP contribution is 2.22. The van der Waals surface area contributed by atoms with Gasteiger partial charge in [-0.3, -0.25) is 0 Å². The van der Waals surface area contributed by atoms with Gasteiger partial charge < -0.3 is 5.32 Å². The third kappa shape index (κ3) is 2.97. The van der Waals surface area contributed by atoms with E-state index in [9.17, 15) is 4.39 Å². The zero-order chi connectivity index (χ0) is 11.4. The standard InChI is InChI=1S/C14H20FN/c1-11-10-13(8-9-14(11)15)16-12-6-4-2-3-5-7-12/h8-10,12,16H,2-7H2,1H3. The lowest BCUT2D eigenvalue weighted by Gasteiger charge is -2.18. The molecule has 0 atom stereocenters. The number of nitrogens with one attached hydrogen (secondary N) is 1. The summed E-state index contributed by atoms with van der Waals surface area (Å²) in [6.07, 6.45) is 7.85. The van der Waals surface area contributed by atoms with Crippen LogP contribution in [0.2, 0.25) is 0 Å². The fourth-order valence-corrected chi connectivity index (χ4v) is 2.39. The molecule has 0 radical (unpaired) electrons. The quantitative estimate of drug-likeness (QED) is 0.735. The first-order valence-corrected chi connectivity index (χ1v) is 6.28. The Morgan fingerprint density at radius 2 is 1.81 bits per heavy atom. The van der Waals surface area contributed by atoms with Crippen molar-refractivity contribution in [2.45, 2.75) is 51.5 Å². The van der Waals surface area contributed by atoms with Gasteiger partial charge in [0, 0.05) is 11.7 Å². The summed E-state index contributed by atoms with van der Waals surface area (Å²) in [5.41, 5.74) is 1.78. The van der Waals surface area contributed by atoms with E-state index in [4.69, 9.17) is 0 Å². The normalized spacial score (nSPS) is 18.1. The Morgan fingerprint density at radius 3 is 2.44 bits per heavy atom. The Bertz CT molecular complexity index is 341. The van der Waals surface area contributed by atoms with E-state index in [-0.39, 0.29) is 5.82 Å². The van der Waals surface area contributed by atoms with Gasteiger partial charge >= 0.3 is 0 Å². The Morgan fingerprint density at radius 1 is 1.12 bits per heavy atom. The molecule has 0 heterocycles. The molecule has 1 aromatic rings. The summed E-state index contributed by atoms with van der Waals surface area (Å²) >= 11 is 0. The van der Waals surface area contributed by atoms with Gasteiger partial charge in [-0.2, -0.15) is 0 Å². The maximum absolute atomic E-state index is 13.1. The van der Waals surface area contributed by atoms with Crippen molar-refractivity contribution < 1.29 is 4.39 Å². The van der Waals surface area contributed by atoms with Crippen molar-refractivity contribution in [1.82, 2.24) is 0 Å². The molecule has 1 aliphatic carbocycles. The molecule has 0 aromatic heterocycles. The minimum absolute atomic E-state index is 0.119. The van der Waals surface area contributed by atoms with Crippen LogP contribution in [0.25, 0.3) is 0 Å². The monoisotopic (exact) mass is 221 g/mol. The van der Waals surface area contributed by atoms with E-state index in [0.717, 1.165) is 11.3 Å². The number of hydrogen-bond donors (Lipinski definition) is 1. The van der Waals surface area contributed by atoms with Crippen LogP contribution in [-0.4, -0.2) is 6.04 Å². The second-order valence-electron chi connectivity index (χ2n) is 4.80. The van der Waals surface area contributed by atoms with Crippen LogP contribution in [0.3, 0.4) is 0 Å². The summed E-state index contributed by atoms with van der Waals surface area (Å²) < 4.78 is 13.1. The molecule has 1 N–H and O–H groups in total. The summed E-state index contributed by atoms with van der Waals surface area (Å²) in [6.45, 7) is 1.81. The van der Waals surface area contributed by atoms with Gasteiger partial charge in [-0.25, -0.2) is 4.39 Å². The van der Waals surface area contributed by atoms with E-state index < -0.39 is 0 Å². The molecule has 0 saturated heterocycles. The molecule has 88 valence electrons. The van der Waals surface area contributed by atoms with Crippen LogP contribution >= 0.6 is 0 Å². The summed E-state index contributed by atoms with van der Waals surface area (Å²) in [7, 11) is 0. The second-order valence-corrected chi connectivity index (χ2v) is 4.80. The fourth-order valence-electron chi connectivity index (χ4n) is 2.39. The van der Waals surface area contributed by atoms with Crippen molar-refractivity contribution in [3.63, 3.8) is 0 Å². The lowest BCUT2D eigenvalue weighted by Crippen LogP contribution is -2.18. The molecule has 0 unspecified atom stereocenters. The van der Waals surface area contributed by atoms with Gasteiger partial charge in [-0.05, 0) is 43.5 Å². The van der Waals surface area contributed by atoms with Gasteiger partial charge in [0.2, 0.25) is 0 Å². The van der Waals surface area contributed by atoms with E-state index in [1.165, 1.54) is 38.5 Å². The van der Waals surface area contributed by atoms with Crippen LogP contribution in [0.4, 0.5) is 10.1 Å². The van der Waals surface area contributed by atoms with Crippen molar-refractivity contribution in [3.05, 3.63) is 29.6 Å². The molecular formula is C14H20FN. The van der Waals surface area contributed by atoms with Gasteiger partial charge in [0.25, 0.3) is 0 Å². The second kappa shape index (κ2) is 5.33. The van der Waals surface area contributed by atoms with Gasteiger partial charge in [0.05, 0.1) is 0 Å². The average molecular weight is 221 g/mol. The first kappa shape index (κ1) is 11.4. The number of halogens is 1. The highest BCUT2D eigenvalue weighted by Gasteiger charge is 2.11. The first-order chi connectivity index (χ1) is 7.75. The molecule has 0 amide bonds. The summed E-state index contributed by atoms with van der Waals surface area (Å²) in [5, 5.41) is 3.52. The van der Waals surface area contributed by atoms with Gasteiger partial charge in [-0.15, -0.1) is 0 Å². The fraction of sp³-hybridized carbons (Fsp3) is 0.571. The average Bonchev–Trinajstić information content (AvgIpc) is 2.52. The van der Waals surface area contributed by atoms with Gasteiger partial charge in [0.1, 0.15) is 5.82 Å². The molecule has 1 aliphatic rings. The van der Waals surface area contributed by atoms with Gasteiger partial charge in [0.15, 0.2) is 0 Å². The minimum Gasteiger partial charge on any atom is -0.382 e.